The lowest BCUT2D eigenvalue weighted by molar-refractivity contribution is 0.551. The van der Waals surface area contributed by atoms with Crippen LogP contribution in [0.25, 0.3) is 0 Å². The first kappa shape index (κ1) is 10.0. The van der Waals surface area contributed by atoms with E-state index in [1.54, 1.807) is 6.33 Å². The Bertz CT molecular complexity index is 515. The van der Waals surface area contributed by atoms with Gasteiger partial charge in [-0.2, -0.15) is 5.10 Å². The first-order valence-electron chi connectivity index (χ1n) is 5.20. The van der Waals surface area contributed by atoms with Crippen molar-refractivity contribution in [2.24, 2.45) is 7.05 Å². The molecular weight excluding hydrogens is 270 g/mol. The average Bonchev–Trinajstić information content (AvgIpc) is 2.87. The third-order valence-electron chi connectivity index (χ3n) is 2.95. The minimum Gasteiger partial charge on any atom is -0.348 e. The Morgan fingerprint density at radius 1 is 1.56 bits per heavy atom. The number of aromatic nitrogens is 4. The molecule has 16 heavy (non-hydrogen) atoms. The minimum atomic E-state index is 0.137. The number of hydrogen-bond acceptors (Lipinski definition) is 3. The molecule has 0 radical (unpaired) electrons. The number of halogens is 1. The summed E-state index contributed by atoms with van der Waals surface area (Å²) >= 11 is 3.55. The molecule has 3 heterocycles. The third kappa shape index (κ3) is 1.41. The van der Waals surface area contributed by atoms with Gasteiger partial charge in [0.25, 0.3) is 0 Å². The number of rotatable bonds is 1. The molecule has 2 N–H and O–H groups in total. The number of nitrogens with zero attached hydrogens (tertiary/aromatic N) is 3. The molecule has 2 aromatic rings. The van der Waals surface area contributed by atoms with Crippen molar-refractivity contribution in [3.05, 3.63) is 34.1 Å². The Kier molecular flexibility index (Phi) is 2.33. The van der Waals surface area contributed by atoms with E-state index in [9.17, 15) is 0 Å². The van der Waals surface area contributed by atoms with Crippen LogP contribution in [-0.2, 0) is 13.5 Å². The number of H-pyrrole nitrogens is 1. The van der Waals surface area contributed by atoms with Gasteiger partial charge in [-0.1, -0.05) is 0 Å². The normalized spacial score (nSPS) is 19.8. The van der Waals surface area contributed by atoms with Gasteiger partial charge in [-0.05, 0) is 15.9 Å². The average molecular weight is 282 g/mol. The van der Waals surface area contributed by atoms with Crippen LogP contribution in [0.4, 0.5) is 0 Å². The van der Waals surface area contributed by atoms with Crippen molar-refractivity contribution < 1.29 is 0 Å². The Morgan fingerprint density at radius 2 is 2.44 bits per heavy atom. The molecule has 0 saturated heterocycles. The van der Waals surface area contributed by atoms with E-state index in [-0.39, 0.29) is 6.04 Å². The van der Waals surface area contributed by atoms with Gasteiger partial charge in [0.1, 0.15) is 4.60 Å². The van der Waals surface area contributed by atoms with Crippen LogP contribution in [0.3, 0.4) is 0 Å². The molecular formula is C10H12BrN5. The molecule has 0 fully saturated rings. The highest BCUT2D eigenvalue weighted by Crippen LogP contribution is 2.30. The monoisotopic (exact) mass is 281 g/mol. The summed E-state index contributed by atoms with van der Waals surface area (Å²) in [7, 11) is 1.92. The molecule has 2 aromatic heterocycles. The van der Waals surface area contributed by atoms with Gasteiger partial charge in [0.15, 0.2) is 0 Å². The second kappa shape index (κ2) is 3.71. The van der Waals surface area contributed by atoms with Crippen molar-refractivity contribution in [2.45, 2.75) is 12.5 Å². The fraction of sp³-hybridized carbons (Fsp3) is 0.400. The number of hydrogen-bond donors (Lipinski definition) is 2. The van der Waals surface area contributed by atoms with Crippen molar-refractivity contribution in [1.82, 2.24) is 25.1 Å². The molecule has 3 rings (SSSR count). The predicted octanol–water partition coefficient (Wildman–Crippen LogP) is 1.14. The maximum Gasteiger partial charge on any atom is 0.108 e. The highest BCUT2D eigenvalue weighted by molar-refractivity contribution is 9.10. The SMILES string of the molecule is Cn1ncc(C2NCCc3[nH]cnc32)c1Br. The molecule has 0 bridgehead atoms. The Morgan fingerprint density at radius 3 is 3.19 bits per heavy atom. The first-order chi connectivity index (χ1) is 7.77. The molecule has 0 aromatic carbocycles. The number of fused-ring (bicyclic) bond motifs is 1. The zero-order chi connectivity index (χ0) is 11.1. The molecule has 0 spiro atoms. The van der Waals surface area contributed by atoms with Gasteiger partial charge in [-0.15, -0.1) is 0 Å². The zero-order valence-electron chi connectivity index (χ0n) is 8.87. The molecule has 5 nitrogen and oxygen atoms in total. The summed E-state index contributed by atoms with van der Waals surface area (Å²) in [6, 6.07) is 0.137. The molecule has 6 heteroatoms. The number of nitrogens with one attached hydrogen (secondary N) is 2. The Labute approximate surface area is 101 Å². The Balaban J connectivity index is 2.07. The van der Waals surface area contributed by atoms with E-state index < -0.39 is 0 Å². The molecule has 84 valence electrons. The van der Waals surface area contributed by atoms with Gasteiger partial charge in [-0.25, -0.2) is 4.98 Å². The summed E-state index contributed by atoms with van der Waals surface area (Å²) in [5, 5.41) is 7.71. The predicted molar refractivity (Wildman–Crippen MR) is 63.0 cm³/mol. The lowest BCUT2D eigenvalue weighted by Crippen LogP contribution is -2.30. The highest BCUT2D eigenvalue weighted by atomic mass is 79.9. The lowest BCUT2D eigenvalue weighted by atomic mass is 10.0. The smallest absolute Gasteiger partial charge is 0.108 e. The summed E-state index contributed by atoms with van der Waals surface area (Å²) in [4.78, 5) is 7.58. The summed E-state index contributed by atoms with van der Waals surface area (Å²) in [5.41, 5.74) is 3.44. The maximum atomic E-state index is 4.39. The molecule has 1 aliphatic rings. The van der Waals surface area contributed by atoms with Crippen molar-refractivity contribution in [3.63, 3.8) is 0 Å². The van der Waals surface area contributed by atoms with Crippen LogP contribution in [0.15, 0.2) is 17.1 Å². The van der Waals surface area contributed by atoms with E-state index in [1.807, 2.05) is 17.9 Å². The first-order valence-corrected chi connectivity index (χ1v) is 5.99. The van der Waals surface area contributed by atoms with Gasteiger partial charge in [0, 0.05) is 31.3 Å². The Hall–Kier alpha value is -1.14. The van der Waals surface area contributed by atoms with Crippen LogP contribution in [-0.4, -0.2) is 26.3 Å². The fourth-order valence-corrected chi connectivity index (χ4v) is 2.53. The number of aromatic amines is 1. The second-order valence-electron chi connectivity index (χ2n) is 3.92. The zero-order valence-corrected chi connectivity index (χ0v) is 10.5. The van der Waals surface area contributed by atoms with E-state index in [2.05, 4.69) is 36.3 Å². The van der Waals surface area contributed by atoms with Crippen LogP contribution < -0.4 is 5.32 Å². The van der Waals surface area contributed by atoms with Crippen molar-refractivity contribution in [1.29, 1.82) is 0 Å². The van der Waals surface area contributed by atoms with Gasteiger partial charge in [0.05, 0.1) is 24.3 Å². The molecule has 0 saturated carbocycles. The topological polar surface area (TPSA) is 58.5 Å². The number of aryl methyl sites for hydroxylation is 1. The largest absolute Gasteiger partial charge is 0.348 e. The van der Waals surface area contributed by atoms with Gasteiger partial charge >= 0.3 is 0 Å². The van der Waals surface area contributed by atoms with E-state index in [4.69, 9.17) is 0 Å². The third-order valence-corrected chi connectivity index (χ3v) is 3.92. The summed E-state index contributed by atoms with van der Waals surface area (Å²) in [5.74, 6) is 0. The molecule has 1 aliphatic heterocycles. The van der Waals surface area contributed by atoms with Crippen LogP contribution in [0.1, 0.15) is 23.0 Å². The van der Waals surface area contributed by atoms with Gasteiger partial charge in [0.2, 0.25) is 0 Å². The van der Waals surface area contributed by atoms with Crippen molar-refractivity contribution >= 4 is 15.9 Å². The van der Waals surface area contributed by atoms with Gasteiger partial charge in [-0.3, -0.25) is 4.68 Å². The van der Waals surface area contributed by atoms with Gasteiger partial charge < -0.3 is 10.3 Å². The maximum absolute atomic E-state index is 4.39. The number of imidazole rings is 1. The quantitative estimate of drug-likeness (QED) is 0.824. The molecule has 0 amide bonds. The van der Waals surface area contributed by atoms with Crippen molar-refractivity contribution in [2.75, 3.05) is 6.54 Å². The molecule has 1 atom stereocenters. The van der Waals surface area contributed by atoms with E-state index >= 15 is 0 Å². The molecule has 1 unspecified atom stereocenters. The van der Waals surface area contributed by atoms with E-state index in [0.29, 0.717) is 0 Å². The summed E-state index contributed by atoms with van der Waals surface area (Å²) < 4.78 is 2.82. The summed E-state index contributed by atoms with van der Waals surface area (Å²) in [6.45, 7) is 0.960. The van der Waals surface area contributed by atoms with E-state index in [1.165, 1.54) is 5.69 Å². The summed E-state index contributed by atoms with van der Waals surface area (Å²) in [6.07, 6.45) is 4.64. The van der Waals surface area contributed by atoms with Crippen LogP contribution in [0, 0.1) is 0 Å². The lowest BCUT2D eigenvalue weighted by Gasteiger charge is -2.22. The van der Waals surface area contributed by atoms with Crippen LogP contribution in [0.2, 0.25) is 0 Å². The van der Waals surface area contributed by atoms with Crippen LogP contribution >= 0.6 is 15.9 Å². The second-order valence-corrected chi connectivity index (χ2v) is 4.67. The minimum absolute atomic E-state index is 0.137. The van der Waals surface area contributed by atoms with E-state index in [0.717, 1.165) is 28.8 Å². The van der Waals surface area contributed by atoms with Crippen LogP contribution in [0.5, 0.6) is 0 Å². The highest BCUT2D eigenvalue weighted by Gasteiger charge is 2.26. The molecule has 0 aliphatic carbocycles. The fourth-order valence-electron chi connectivity index (χ4n) is 2.11. The van der Waals surface area contributed by atoms with Crippen molar-refractivity contribution in [3.8, 4) is 0 Å². The standard InChI is InChI=1S/C10H12BrN5/c1-16-10(11)6(4-15-16)8-9-7(2-3-12-8)13-5-14-9/h4-5,8,12H,2-3H2,1H3,(H,13,14).